The normalized spacial score (nSPS) is 11.1. The lowest BCUT2D eigenvalue weighted by Gasteiger charge is -2.23. The van der Waals surface area contributed by atoms with E-state index in [-0.39, 0.29) is 55.7 Å². The second-order valence-electron chi connectivity index (χ2n) is 14.2. The first-order valence-electron chi connectivity index (χ1n) is 16.6. The number of carbonyl (C=O) groups excluding carboxylic acids is 4. The Kier molecular flexibility index (Phi) is 11.8. The topological polar surface area (TPSA) is 164 Å². The number of phenols is 2. The highest BCUT2D eigenvalue weighted by molar-refractivity contribution is 6.84. The molecule has 2 N–H and O–H groups in total. The fourth-order valence-corrected chi connectivity index (χ4v) is 6.59. The maximum atomic E-state index is 13.5. The van der Waals surface area contributed by atoms with Gasteiger partial charge in [0.15, 0.2) is 11.5 Å². The van der Waals surface area contributed by atoms with Gasteiger partial charge in [-0.2, -0.15) is 0 Å². The number of phenolic OH excluding ortho intramolecular Hbond substituents is 2. The molecule has 0 saturated carbocycles. The number of carbonyl (C=O) groups is 4. The average Bonchev–Trinajstić information content (AvgIpc) is 3.08. The highest BCUT2D eigenvalue weighted by Crippen LogP contribution is 2.54. The van der Waals surface area contributed by atoms with E-state index >= 15 is 0 Å². The summed E-state index contributed by atoms with van der Waals surface area (Å²) >= 11 is 0. The highest BCUT2D eigenvalue weighted by atomic mass is 28.3. The molecule has 0 aliphatic heterocycles. The van der Waals surface area contributed by atoms with Crippen LogP contribution in [0.5, 0.6) is 34.5 Å². The van der Waals surface area contributed by atoms with E-state index < -0.39 is 62.7 Å². The van der Waals surface area contributed by atoms with Crippen LogP contribution in [0.1, 0.15) is 45.7 Å². The molecule has 0 amide bonds. The molecule has 0 spiro atoms. The summed E-state index contributed by atoms with van der Waals surface area (Å²) in [6.07, 6.45) is 0. The Morgan fingerprint density at radius 1 is 0.556 bits per heavy atom. The van der Waals surface area contributed by atoms with Crippen molar-refractivity contribution in [2.24, 2.45) is 0 Å². The molecule has 0 atom stereocenters. The van der Waals surface area contributed by atoms with Crippen LogP contribution in [-0.2, 0) is 19.1 Å². The number of fused-ring (bicyclic) bond motifs is 2. The van der Waals surface area contributed by atoms with Crippen molar-refractivity contribution in [1.29, 1.82) is 0 Å². The van der Waals surface area contributed by atoms with Gasteiger partial charge in [-0.05, 0) is 35.0 Å². The summed E-state index contributed by atoms with van der Waals surface area (Å²) < 4.78 is 32.6. The summed E-state index contributed by atoms with van der Waals surface area (Å²) in [6.45, 7) is 14.5. The zero-order chi connectivity index (χ0) is 40.4. The summed E-state index contributed by atoms with van der Waals surface area (Å²) in [5.74, 6) is 0.720. The van der Waals surface area contributed by atoms with Crippen molar-refractivity contribution in [3.8, 4) is 68.6 Å². The second-order valence-corrected chi connectivity index (χ2v) is 23.7. The van der Waals surface area contributed by atoms with Crippen LogP contribution < -0.4 is 18.9 Å². The fourth-order valence-electron chi connectivity index (χ4n) is 5.57. The molecular weight excluding hydrogens is 729 g/mol. The first-order chi connectivity index (χ1) is 25.2. The quantitative estimate of drug-likeness (QED) is 0.0860. The number of ether oxygens (including phenoxy) is 6. The molecule has 0 bridgehead atoms. The predicted molar refractivity (Wildman–Crippen MR) is 209 cm³/mol. The molecule has 282 valence electrons. The lowest BCUT2D eigenvalue weighted by molar-refractivity contribution is -0.132. The minimum atomic E-state index is -1.97. The van der Waals surface area contributed by atoms with Crippen LogP contribution in [0.25, 0.3) is 32.7 Å². The molecular formula is C40H42O12Si2. The number of rotatable bonds is 7. The van der Waals surface area contributed by atoms with Crippen LogP contribution in [0.15, 0.2) is 24.3 Å². The van der Waals surface area contributed by atoms with Crippen molar-refractivity contribution in [2.75, 3.05) is 28.4 Å². The van der Waals surface area contributed by atoms with E-state index in [1.165, 1.54) is 26.4 Å². The van der Waals surface area contributed by atoms with Crippen LogP contribution in [0.3, 0.4) is 0 Å². The smallest absolute Gasteiger partial charge is 0.345 e. The summed E-state index contributed by atoms with van der Waals surface area (Å²) in [5, 5.41) is 24.9. The molecule has 4 aromatic rings. The van der Waals surface area contributed by atoms with Crippen molar-refractivity contribution < 1.29 is 57.8 Å². The van der Waals surface area contributed by atoms with E-state index in [2.05, 4.69) is 22.9 Å². The summed E-state index contributed by atoms with van der Waals surface area (Å²) in [6, 6.07) is 6.09. The van der Waals surface area contributed by atoms with Crippen molar-refractivity contribution in [2.45, 2.75) is 53.1 Å². The predicted octanol–water partition coefficient (Wildman–Crippen LogP) is 6.97. The lowest BCUT2D eigenvalue weighted by Crippen LogP contribution is -2.16. The number of benzene rings is 4. The van der Waals surface area contributed by atoms with E-state index in [1.54, 1.807) is 12.1 Å². The number of hydrogen-bond acceptors (Lipinski definition) is 12. The Hall–Kier alpha value is -5.97. The molecule has 54 heavy (non-hydrogen) atoms. The van der Waals surface area contributed by atoms with E-state index in [4.69, 9.17) is 28.4 Å². The largest absolute Gasteiger partial charge is 0.506 e. The van der Waals surface area contributed by atoms with Gasteiger partial charge in [0, 0.05) is 35.7 Å². The third-order valence-corrected chi connectivity index (χ3v) is 9.52. The Morgan fingerprint density at radius 2 is 0.889 bits per heavy atom. The van der Waals surface area contributed by atoms with Crippen molar-refractivity contribution >= 4 is 61.6 Å². The molecule has 0 heterocycles. The second kappa shape index (κ2) is 15.6. The summed E-state index contributed by atoms with van der Waals surface area (Å²) in [7, 11) is 1.04. The molecule has 14 heteroatoms. The number of hydrogen-bond donors (Lipinski definition) is 2. The molecule has 0 aromatic heterocycles. The first kappa shape index (κ1) is 40.8. The Bertz CT molecular complexity index is 2210. The molecule has 0 aliphatic carbocycles. The monoisotopic (exact) mass is 770 g/mol. The van der Waals surface area contributed by atoms with Crippen molar-refractivity contribution in [3.63, 3.8) is 0 Å². The van der Waals surface area contributed by atoms with E-state index in [0.717, 1.165) is 28.1 Å². The SMILES string of the molecule is COC(=O)c1c(O)c(-c2c(O)c(C(=O)OC)c(OC(C)=O)c3cc(OC)c(C#C[Si](C)(C)C)cc23)c2cc(C#C[Si](C)(C)C)c(OC)cc2c1OC(C)=O. The highest BCUT2D eigenvalue weighted by Gasteiger charge is 2.35. The van der Waals surface area contributed by atoms with Gasteiger partial charge in [0.05, 0.1) is 39.6 Å². The Morgan fingerprint density at radius 3 is 1.15 bits per heavy atom. The van der Waals surface area contributed by atoms with Gasteiger partial charge in [-0.3, -0.25) is 9.59 Å². The van der Waals surface area contributed by atoms with E-state index in [1.807, 2.05) is 39.3 Å². The van der Waals surface area contributed by atoms with Crippen LogP contribution in [0.4, 0.5) is 0 Å². The molecule has 0 aliphatic rings. The number of esters is 4. The van der Waals surface area contributed by atoms with E-state index in [9.17, 15) is 29.4 Å². The molecule has 0 unspecified atom stereocenters. The van der Waals surface area contributed by atoms with Gasteiger partial charge in [-0.15, -0.1) is 11.1 Å². The molecule has 0 radical (unpaired) electrons. The van der Waals surface area contributed by atoms with Gasteiger partial charge in [-0.1, -0.05) is 51.1 Å². The third-order valence-electron chi connectivity index (χ3n) is 7.77. The maximum Gasteiger partial charge on any atom is 0.345 e. The van der Waals surface area contributed by atoms with Gasteiger partial charge in [0.2, 0.25) is 0 Å². The van der Waals surface area contributed by atoms with Crippen molar-refractivity contribution in [1.82, 2.24) is 0 Å². The zero-order valence-corrected chi connectivity index (χ0v) is 34.3. The molecule has 0 fully saturated rings. The lowest BCUT2D eigenvalue weighted by atomic mass is 9.86. The Balaban J connectivity index is 2.50. The van der Waals surface area contributed by atoms with Crippen molar-refractivity contribution in [3.05, 3.63) is 46.5 Å². The fraction of sp³-hybridized carbons (Fsp3) is 0.300. The molecule has 12 nitrogen and oxygen atoms in total. The molecule has 4 aromatic carbocycles. The zero-order valence-electron chi connectivity index (χ0n) is 32.3. The summed E-state index contributed by atoms with van der Waals surface area (Å²) in [5.41, 5.74) is 5.77. The van der Waals surface area contributed by atoms with Gasteiger partial charge >= 0.3 is 23.9 Å². The minimum Gasteiger partial charge on any atom is -0.506 e. The number of aromatic hydroxyl groups is 2. The standard InChI is InChI=1S/C40H42O12Si2/c1-21(41)51-37-27-19-29(47-3)23(13-15-53(7,8)9)17-25(27)31(35(43)33(37)39(45)49-5)32-26-18-24(14-16-54(10,11)12)30(48-4)20-28(26)38(52-22(2)42)34(36(32)44)40(46)50-6/h17-20,43-44H,1-12H3. The van der Waals surface area contributed by atoms with Crippen LogP contribution in [0, 0.1) is 22.9 Å². The van der Waals surface area contributed by atoms with E-state index in [0.29, 0.717) is 11.1 Å². The van der Waals surface area contributed by atoms with Crippen LogP contribution >= 0.6 is 0 Å². The van der Waals surface area contributed by atoms with Gasteiger partial charge in [0.1, 0.15) is 50.3 Å². The van der Waals surface area contributed by atoms with Gasteiger partial charge in [-0.25, -0.2) is 9.59 Å². The first-order valence-corrected chi connectivity index (χ1v) is 23.6. The summed E-state index contributed by atoms with van der Waals surface area (Å²) in [4.78, 5) is 52.0. The van der Waals surface area contributed by atoms with Gasteiger partial charge < -0.3 is 38.6 Å². The molecule has 4 rings (SSSR count). The average molecular weight is 771 g/mol. The minimum absolute atomic E-state index is 0.0808. The number of methoxy groups -OCH3 is 4. The van der Waals surface area contributed by atoms with Crippen LogP contribution in [0.2, 0.25) is 39.3 Å². The Labute approximate surface area is 315 Å². The maximum absolute atomic E-state index is 13.5. The van der Waals surface area contributed by atoms with Crippen LogP contribution in [-0.4, -0.2) is 78.7 Å². The molecule has 0 saturated heterocycles. The third kappa shape index (κ3) is 8.30. The van der Waals surface area contributed by atoms with Gasteiger partial charge in [0.25, 0.3) is 0 Å².